The fourth-order valence-corrected chi connectivity index (χ4v) is 4.68. The van der Waals surface area contributed by atoms with E-state index >= 15 is 0 Å². The molecule has 9 heteroatoms. The lowest BCUT2D eigenvalue weighted by Gasteiger charge is -2.29. The molecule has 0 radical (unpaired) electrons. The number of carbonyl (C=O) groups is 2. The molecule has 30 heavy (non-hydrogen) atoms. The van der Waals surface area contributed by atoms with Crippen LogP contribution in [0.15, 0.2) is 24.5 Å². The van der Waals surface area contributed by atoms with Gasteiger partial charge in [0.25, 0.3) is 5.91 Å². The Bertz CT molecular complexity index is 975. The maximum absolute atomic E-state index is 13.1. The molecule has 0 spiro atoms. The number of benzene rings is 1. The summed E-state index contributed by atoms with van der Waals surface area (Å²) in [7, 11) is 0. The highest BCUT2D eigenvalue weighted by Gasteiger charge is 2.30. The van der Waals surface area contributed by atoms with Gasteiger partial charge in [-0.05, 0) is 55.2 Å². The number of aliphatic carboxylic acids is 1. The number of hydrogen-bond donors (Lipinski definition) is 2. The average Bonchev–Trinajstić information content (AvgIpc) is 2.88. The standard InChI is InChI=1S/C21H23ClN4O4/c22-16-10-14(5-6-15(16)13-3-1-12(2-4-13)9-17(27)28)26-7-8-30-20-18(21(26)29)19(23)24-11-25-20/h5-6,10-13H,1-4,7-9H2,(H,27,28)(H2,23,24,25). The third-order valence-corrected chi connectivity index (χ3v) is 6.23. The molecule has 1 aromatic heterocycles. The molecule has 2 aliphatic rings. The fourth-order valence-electron chi connectivity index (χ4n) is 4.35. The normalized spacial score (nSPS) is 21.5. The lowest BCUT2D eigenvalue weighted by Crippen LogP contribution is -2.32. The Kier molecular flexibility index (Phi) is 5.76. The molecule has 8 nitrogen and oxygen atoms in total. The zero-order valence-corrected chi connectivity index (χ0v) is 17.1. The number of halogens is 1. The lowest BCUT2D eigenvalue weighted by atomic mass is 9.77. The van der Waals surface area contributed by atoms with Gasteiger partial charge in [-0.25, -0.2) is 9.97 Å². The van der Waals surface area contributed by atoms with Gasteiger partial charge in [-0.1, -0.05) is 17.7 Å². The van der Waals surface area contributed by atoms with Crippen molar-refractivity contribution >= 4 is 35.0 Å². The van der Waals surface area contributed by atoms with Crippen LogP contribution >= 0.6 is 11.6 Å². The second-order valence-corrected chi connectivity index (χ2v) is 8.17. The van der Waals surface area contributed by atoms with Gasteiger partial charge in [-0.15, -0.1) is 0 Å². The summed E-state index contributed by atoms with van der Waals surface area (Å²) in [6, 6.07) is 5.64. The summed E-state index contributed by atoms with van der Waals surface area (Å²) in [5, 5.41) is 9.59. The molecule has 0 unspecified atom stereocenters. The number of nitrogen functional groups attached to an aromatic ring is 1. The van der Waals surface area contributed by atoms with E-state index in [1.54, 1.807) is 11.0 Å². The molecular weight excluding hydrogens is 408 g/mol. The van der Waals surface area contributed by atoms with Gasteiger partial charge in [-0.2, -0.15) is 0 Å². The maximum Gasteiger partial charge on any atom is 0.303 e. The lowest BCUT2D eigenvalue weighted by molar-refractivity contribution is -0.138. The van der Waals surface area contributed by atoms with E-state index in [9.17, 15) is 9.59 Å². The number of fused-ring (bicyclic) bond motifs is 1. The second-order valence-electron chi connectivity index (χ2n) is 7.77. The molecule has 1 aliphatic carbocycles. The van der Waals surface area contributed by atoms with Crippen LogP contribution in [0.5, 0.6) is 5.88 Å². The average molecular weight is 431 g/mol. The SMILES string of the molecule is Nc1ncnc2c1C(=O)N(c1ccc(C3CCC(CC(=O)O)CC3)c(Cl)c1)CCO2. The number of carbonyl (C=O) groups excluding carboxylic acids is 1. The first-order valence-electron chi connectivity index (χ1n) is 10.0. The van der Waals surface area contributed by atoms with Gasteiger partial charge >= 0.3 is 5.97 Å². The summed E-state index contributed by atoms with van der Waals surface area (Å²) in [6.07, 6.45) is 5.09. The van der Waals surface area contributed by atoms with Gasteiger partial charge in [0.05, 0.1) is 6.54 Å². The Hall–Kier alpha value is -2.87. The van der Waals surface area contributed by atoms with Crippen LogP contribution in [0.2, 0.25) is 5.02 Å². The summed E-state index contributed by atoms with van der Waals surface area (Å²) in [6.45, 7) is 0.618. The fraction of sp³-hybridized carbons (Fsp3) is 0.429. The molecule has 3 N–H and O–H groups in total. The van der Waals surface area contributed by atoms with E-state index in [2.05, 4.69) is 9.97 Å². The number of aromatic nitrogens is 2. The van der Waals surface area contributed by atoms with Crippen molar-refractivity contribution in [3.8, 4) is 5.88 Å². The zero-order chi connectivity index (χ0) is 21.3. The molecule has 0 saturated heterocycles. The number of amides is 1. The molecule has 4 rings (SSSR count). The van der Waals surface area contributed by atoms with Gasteiger partial charge < -0.3 is 20.5 Å². The predicted molar refractivity (Wildman–Crippen MR) is 112 cm³/mol. The highest BCUT2D eigenvalue weighted by atomic mass is 35.5. The Morgan fingerprint density at radius 1 is 1.27 bits per heavy atom. The van der Waals surface area contributed by atoms with Crippen molar-refractivity contribution in [2.24, 2.45) is 5.92 Å². The Labute approximate surface area is 179 Å². The number of carboxylic acid groups (broad SMARTS) is 1. The Morgan fingerprint density at radius 2 is 2.03 bits per heavy atom. The van der Waals surface area contributed by atoms with Gasteiger partial charge in [0.1, 0.15) is 24.3 Å². The highest BCUT2D eigenvalue weighted by Crippen LogP contribution is 2.41. The summed E-state index contributed by atoms with van der Waals surface area (Å²) < 4.78 is 5.57. The third-order valence-electron chi connectivity index (χ3n) is 5.90. The number of nitrogens with two attached hydrogens (primary N) is 1. The molecule has 158 valence electrons. The van der Waals surface area contributed by atoms with Crippen LogP contribution in [0.4, 0.5) is 11.5 Å². The topological polar surface area (TPSA) is 119 Å². The number of hydrogen-bond acceptors (Lipinski definition) is 6. The van der Waals surface area contributed by atoms with Crippen molar-refractivity contribution in [1.29, 1.82) is 0 Å². The molecule has 1 aliphatic heterocycles. The molecule has 1 fully saturated rings. The minimum Gasteiger partial charge on any atom is -0.481 e. The van der Waals surface area contributed by atoms with Crippen molar-refractivity contribution in [3.63, 3.8) is 0 Å². The van der Waals surface area contributed by atoms with Crippen LogP contribution in [-0.2, 0) is 4.79 Å². The maximum atomic E-state index is 13.1. The molecule has 1 saturated carbocycles. The molecule has 1 amide bonds. The minimum atomic E-state index is -0.737. The summed E-state index contributed by atoms with van der Waals surface area (Å²) in [5.74, 6) is -0.254. The van der Waals surface area contributed by atoms with Crippen LogP contribution in [0.25, 0.3) is 0 Å². The largest absolute Gasteiger partial charge is 0.481 e. The number of ether oxygens (including phenoxy) is 1. The Morgan fingerprint density at radius 3 is 2.73 bits per heavy atom. The van der Waals surface area contributed by atoms with E-state index < -0.39 is 5.97 Å². The number of nitrogens with zero attached hydrogens (tertiary/aromatic N) is 3. The zero-order valence-electron chi connectivity index (χ0n) is 16.4. The molecule has 1 aromatic carbocycles. The predicted octanol–water partition coefficient (Wildman–Crippen LogP) is 3.50. The number of anilines is 2. The van der Waals surface area contributed by atoms with E-state index in [4.69, 9.17) is 27.2 Å². The Balaban J connectivity index is 1.53. The van der Waals surface area contributed by atoms with Gasteiger partial charge in [-0.3, -0.25) is 9.59 Å². The van der Waals surface area contributed by atoms with E-state index in [1.165, 1.54) is 6.33 Å². The second kappa shape index (κ2) is 8.47. The van der Waals surface area contributed by atoms with Gasteiger partial charge in [0, 0.05) is 17.1 Å². The van der Waals surface area contributed by atoms with Crippen molar-refractivity contribution in [1.82, 2.24) is 9.97 Å². The third kappa shape index (κ3) is 4.05. The van der Waals surface area contributed by atoms with E-state index in [0.29, 0.717) is 23.2 Å². The minimum absolute atomic E-state index is 0.0812. The summed E-state index contributed by atoms with van der Waals surface area (Å²) in [4.78, 5) is 33.5. The molecule has 2 aromatic rings. The van der Waals surface area contributed by atoms with E-state index in [1.807, 2.05) is 12.1 Å². The number of carboxylic acids is 1. The van der Waals surface area contributed by atoms with Crippen LogP contribution < -0.4 is 15.4 Å². The smallest absolute Gasteiger partial charge is 0.303 e. The van der Waals surface area contributed by atoms with E-state index in [0.717, 1.165) is 31.2 Å². The molecular formula is C21H23ClN4O4. The molecule has 0 bridgehead atoms. The van der Waals surface area contributed by atoms with Crippen LogP contribution in [0.3, 0.4) is 0 Å². The first-order valence-corrected chi connectivity index (χ1v) is 10.4. The van der Waals surface area contributed by atoms with Crippen molar-refractivity contribution in [2.45, 2.75) is 38.0 Å². The summed E-state index contributed by atoms with van der Waals surface area (Å²) in [5.41, 5.74) is 7.75. The van der Waals surface area contributed by atoms with Gasteiger partial charge in [0.2, 0.25) is 5.88 Å². The molecule has 2 heterocycles. The monoisotopic (exact) mass is 430 g/mol. The van der Waals surface area contributed by atoms with Crippen LogP contribution in [-0.4, -0.2) is 40.1 Å². The first kappa shape index (κ1) is 20.4. The first-order chi connectivity index (χ1) is 14.4. The van der Waals surface area contributed by atoms with Crippen molar-refractivity contribution < 1.29 is 19.4 Å². The van der Waals surface area contributed by atoms with Crippen molar-refractivity contribution in [3.05, 3.63) is 40.7 Å². The summed E-state index contributed by atoms with van der Waals surface area (Å²) >= 11 is 6.61. The van der Waals surface area contributed by atoms with Gasteiger partial charge in [0.15, 0.2) is 0 Å². The molecule has 0 atom stereocenters. The quantitative estimate of drug-likeness (QED) is 0.761. The van der Waals surface area contributed by atoms with E-state index in [-0.39, 0.29) is 42.1 Å². The van der Waals surface area contributed by atoms with Crippen LogP contribution in [0, 0.1) is 5.92 Å². The highest BCUT2D eigenvalue weighted by molar-refractivity contribution is 6.31. The van der Waals surface area contributed by atoms with Crippen molar-refractivity contribution in [2.75, 3.05) is 23.8 Å². The number of rotatable bonds is 4. The van der Waals surface area contributed by atoms with Crippen LogP contribution in [0.1, 0.15) is 53.9 Å².